The zero-order valence-electron chi connectivity index (χ0n) is 14.4. The molecule has 11 nitrogen and oxygen atoms in total. The van der Waals surface area contributed by atoms with Crippen LogP contribution in [0.3, 0.4) is 0 Å². The van der Waals surface area contributed by atoms with Gasteiger partial charge in [0, 0.05) is 18.9 Å². The van der Waals surface area contributed by atoms with Crippen LogP contribution in [0, 0.1) is 6.92 Å². The maximum atomic E-state index is 12.3. The van der Waals surface area contributed by atoms with Crippen molar-refractivity contribution in [2.24, 2.45) is 0 Å². The molecule has 1 aromatic heterocycles. The molecule has 0 amide bonds. The number of hydrogen-bond donors (Lipinski definition) is 4. The molecule has 0 saturated carbocycles. The van der Waals surface area contributed by atoms with Crippen LogP contribution in [0.4, 0.5) is 5.82 Å². The molecule has 1 aliphatic rings. The van der Waals surface area contributed by atoms with E-state index < -0.39 is 49.8 Å². The summed E-state index contributed by atoms with van der Waals surface area (Å²) in [5, 5.41) is 9.58. The first kappa shape index (κ1) is 21.4. The van der Waals surface area contributed by atoms with Gasteiger partial charge in [0.2, 0.25) is 0 Å². The van der Waals surface area contributed by atoms with Gasteiger partial charge in [0.1, 0.15) is 24.1 Å². The van der Waals surface area contributed by atoms with Crippen LogP contribution >= 0.6 is 6.72 Å². The van der Waals surface area contributed by atoms with Gasteiger partial charge in [-0.3, -0.25) is 9.09 Å². The van der Waals surface area contributed by atoms with E-state index >= 15 is 0 Å². The minimum Gasteiger partial charge on any atom is -0.394 e. The Bertz CT molecular complexity index is 741. The summed E-state index contributed by atoms with van der Waals surface area (Å²) in [6.07, 6.45) is -3.65. The number of aryl methyl sites for hydroxylation is 1. The third-order valence-corrected chi connectivity index (χ3v) is 4.63. The van der Waals surface area contributed by atoms with E-state index in [9.17, 15) is 19.7 Å². The quantitative estimate of drug-likeness (QED) is 0.322. The zero-order valence-corrected chi connectivity index (χ0v) is 16.1. The van der Waals surface area contributed by atoms with Crippen LogP contribution in [0.5, 0.6) is 0 Å². The lowest BCUT2D eigenvalue weighted by Gasteiger charge is -2.28. The predicted molar refractivity (Wildman–Crippen MR) is 93.6 cm³/mol. The molecular weight excluding hydrogens is 389 g/mol. The van der Waals surface area contributed by atoms with Crippen molar-refractivity contribution in [3.63, 3.8) is 0 Å². The number of rotatable bonds is 7. The van der Waals surface area contributed by atoms with E-state index in [1.807, 2.05) is 0 Å². The number of aliphatic hydroxyl groups excluding tert-OH is 1. The Morgan fingerprint density at radius 3 is 2.69 bits per heavy atom. The Morgan fingerprint density at radius 1 is 1.50 bits per heavy atom. The molecule has 1 aromatic rings. The standard InChI is InChI=1S/C13H22N3O8PS/c1-6-4-16(13(18)15-11(6)14)12-10(22-7(2)21-3)9(8(5-17)23-12)24-25(19,20)26/h4,7-10,12,17H,5H2,1-3H3,(H2,14,15,18)(H2,19,20,26)/t7?,8-,9-,10-,12-/m1/s1. The average Bonchev–Trinajstić information content (AvgIpc) is 2.86. The average molecular weight is 411 g/mol. The van der Waals surface area contributed by atoms with Gasteiger partial charge in [0.15, 0.2) is 12.5 Å². The van der Waals surface area contributed by atoms with Gasteiger partial charge < -0.3 is 34.8 Å². The number of methoxy groups -OCH3 is 1. The molecule has 5 atom stereocenters. The van der Waals surface area contributed by atoms with E-state index in [1.165, 1.54) is 13.3 Å². The fraction of sp³-hybridized carbons (Fsp3) is 0.692. The molecule has 5 N–H and O–H groups in total. The SMILES string of the molecule is COC(C)O[C@@H]1[C@H](OP(O)(O)=S)[C@@H](CO)O[C@H]1n1cc(C)c(N)nc1=O. The number of aliphatic hydroxyl groups is 1. The zero-order chi connectivity index (χ0) is 19.6. The minimum absolute atomic E-state index is 0.0692. The van der Waals surface area contributed by atoms with Gasteiger partial charge in [-0.25, -0.2) is 4.79 Å². The van der Waals surface area contributed by atoms with Crippen molar-refractivity contribution in [1.82, 2.24) is 9.55 Å². The molecule has 0 radical (unpaired) electrons. The van der Waals surface area contributed by atoms with Crippen LogP contribution < -0.4 is 11.4 Å². The van der Waals surface area contributed by atoms with Gasteiger partial charge in [0.25, 0.3) is 0 Å². The van der Waals surface area contributed by atoms with E-state index in [1.54, 1.807) is 13.8 Å². The predicted octanol–water partition coefficient (Wildman–Crippen LogP) is -1.00. The molecule has 0 bridgehead atoms. The summed E-state index contributed by atoms with van der Waals surface area (Å²) in [6, 6.07) is 0. The Morgan fingerprint density at radius 2 is 2.15 bits per heavy atom. The lowest BCUT2D eigenvalue weighted by molar-refractivity contribution is -0.180. The second-order valence-corrected chi connectivity index (χ2v) is 8.33. The van der Waals surface area contributed by atoms with Crippen LogP contribution in [0.15, 0.2) is 11.0 Å². The smallest absolute Gasteiger partial charge is 0.351 e. The molecule has 148 valence electrons. The van der Waals surface area contributed by atoms with E-state index in [4.69, 9.17) is 24.5 Å². The highest BCUT2D eigenvalue weighted by Crippen LogP contribution is 2.45. The number of aromatic nitrogens is 2. The van der Waals surface area contributed by atoms with E-state index in [2.05, 4.69) is 16.8 Å². The van der Waals surface area contributed by atoms with Crippen molar-refractivity contribution >= 4 is 24.3 Å². The summed E-state index contributed by atoms with van der Waals surface area (Å²) in [4.78, 5) is 35.0. The molecule has 0 spiro atoms. The monoisotopic (exact) mass is 411 g/mol. The lowest BCUT2D eigenvalue weighted by atomic mass is 10.1. The molecule has 0 aromatic carbocycles. The van der Waals surface area contributed by atoms with Gasteiger partial charge in [-0.2, -0.15) is 4.98 Å². The minimum atomic E-state index is -4.10. The summed E-state index contributed by atoms with van der Waals surface area (Å²) in [5.41, 5.74) is 5.45. The highest BCUT2D eigenvalue weighted by molar-refractivity contribution is 8.06. The van der Waals surface area contributed by atoms with Gasteiger partial charge in [-0.1, -0.05) is 0 Å². The Labute approximate surface area is 154 Å². The maximum absolute atomic E-state index is 12.3. The number of nitrogen functional groups attached to an aromatic ring is 1. The third-order valence-electron chi connectivity index (χ3n) is 3.85. The van der Waals surface area contributed by atoms with Crippen molar-refractivity contribution in [2.75, 3.05) is 19.5 Å². The van der Waals surface area contributed by atoms with E-state index in [-0.39, 0.29) is 5.82 Å². The molecule has 0 aliphatic carbocycles. The topological polar surface area (TPSA) is 159 Å². The van der Waals surface area contributed by atoms with Crippen molar-refractivity contribution in [1.29, 1.82) is 0 Å². The fourth-order valence-corrected chi connectivity index (χ4v) is 3.42. The second-order valence-electron chi connectivity index (χ2n) is 5.71. The Kier molecular flexibility index (Phi) is 6.88. The molecular formula is C13H22N3O8PS. The summed E-state index contributed by atoms with van der Waals surface area (Å²) in [5.74, 6) is 0.0692. The van der Waals surface area contributed by atoms with Crippen LogP contribution in [-0.4, -0.2) is 62.8 Å². The molecule has 13 heteroatoms. The summed E-state index contributed by atoms with van der Waals surface area (Å²) < 4.78 is 22.7. The van der Waals surface area contributed by atoms with Crippen molar-refractivity contribution in [2.45, 2.75) is 44.7 Å². The molecule has 1 unspecified atom stereocenters. The highest BCUT2D eigenvalue weighted by atomic mass is 32.5. The van der Waals surface area contributed by atoms with E-state index in [0.29, 0.717) is 5.56 Å². The molecule has 1 saturated heterocycles. The molecule has 26 heavy (non-hydrogen) atoms. The Balaban J connectivity index is 2.47. The molecule has 1 aliphatic heterocycles. The lowest BCUT2D eigenvalue weighted by Crippen LogP contribution is -2.41. The summed E-state index contributed by atoms with van der Waals surface area (Å²) in [6.45, 7) is -1.40. The fourth-order valence-electron chi connectivity index (χ4n) is 2.55. The van der Waals surface area contributed by atoms with Gasteiger partial charge in [0.05, 0.1) is 6.61 Å². The van der Waals surface area contributed by atoms with Crippen LogP contribution in [0.2, 0.25) is 0 Å². The second kappa shape index (κ2) is 8.38. The number of hydrogen-bond acceptors (Lipinski definition) is 9. The van der Waals surface area contributed by atoms with Gasteiger partial charge in [-0.15, -0.1) is 0 Å². The van der Waals surface area contributed by atoms with Crippen molar-refractivity contribution < 1.29 is 33.6 Å². The molecule has 2 rings (SSSR count). The first-order valence-corrected chi connectivity index (χ1v) is 10.2. The van der Waals surface area contributed by atoms with Crippen molar-refractivity contribution in [3.05, 3.63) is 22.2 Å². The van der Waals surface area contributed by atoms with Crippen LogP contribution in [-0.2, 0) is 30.5 Å². The number of anilines is 1. The van der Waals surface area contributed by atoms with E-state index in [0.717, 1.165) is 4.57 Å². The Hall–Kier alpha value is -0.950. The largest absolute Gasteiger partial charge is 0.394 e. The maximum Gasteiger partial charge on any atom is 0.351 e. The van der Waals surface area contributed by atoms with Crippen molar-refractivity contribution in [3.8, 4) is 0 Å². The number of nitrogens with zero attached hydrogens (tertiary/aromatic N) is 2. The first-order chi connectivity index (χ1) is 12.1. The van der Waals surface area contributed by atoms with Gasteiger partial charge >= 0.3 is 12.4 Å². The third kappa shape index (κ3) is 4.85. The number of ether oxygens (including phenoxy) is 3. The molecule has 1 fully saturated rings. The summed E-state index contributed by atoms with van der Waals surface area (Å²) in [7, 11) is 1.40. The molecule has 2 heterocycles. The number of nitrogens with two attached hydrogens (primary N) is 1. The first-order valence-electron chi connectivity index (χ1n) is 7.61. The van der Waals surface area contributed by atoms with Gasteiger partial charge in [-0.05, 0) is 25.7 Å². The van der Waals surface area contributed by atoms with Crippen LogP contribution in [0.25, 0.3) is 0 Å². The highest BCUT2D eigenvalue weighted by Gasteiger charge is 2.50. The normalized spacial score (nSPS) is 27.6. The summed E-state index contributed by atoms with van der Waals surface area (Å²) >= 11 is 4.51. The van der Waals surface area contributed by atoms with Crippen LogP contribution in [0.1, 0.15) is 18.7 Å².